The molecular formula is C14H18N2O2. The van der Waals surface area contributed by atoms with Crippen LogP contribution in [0.25, 0.3) is 11.1 Å². The third-order valence-electron chi connectivity index (χ3n) is 4.11. The Balaban J connectivity index is 2.08. The summed E-state index contributed by atoms with van der Waals surface area (Å²) in [6.07, 6.45) is 3.22. The molecular weight excluding hydrogens is 228 g/mol. The molecule has 1 aromatic heterocycles. The molecule has 0 bridgehead atoms. The van der Waals surface area contributed by atoms with Gasteiger partial charge in [-0.3, -0.25) is 0 Å². The lowest BCUT2D eigenvalue weighted by Crippen LogP contribution is -2.38. The quantitative estimate of drug-likeness (QED) is 0.884. The van der Waals surface area contributed by atoms with Crippen molar-refractivity contribution in [2.75, 3.05) is 7.11 Å². The van der Waals surface area contributed by atoms with Crippen molar-refractivity contribution in [1.82, 2.24) is 4.98 Å². The highest BCUT2D eigenvalue weighted by Crippen LogP contribution is 2.40. The molecule has 3 rings (SSSR count). The lowest BCUT2D eigenvalue weighted by atomic mass is 9.85. The summed E-state index contributed by atoms with van der Waals surface area (Å²) >= 11 is 0. The molecule has 18 heavy (non-hydrogen) atoms. The molecule has 0 saturated heterocycles. The Labute approximate surface area is 106 Å². The third-order valence-corrected chi connectivity index (χ3v) is 4.11. The molecule has 1 aromatic carbocycles. The lowest BCUT2D eigenvalue weighted by Gasteiger charge is -2.24. The Morgan fingerprint density at radius 1 is 1.50 bits per heavy atom. The number of hydrogen-bond acceptors (Lipinski definition) is 4. The van der Waals surface area contributed by atoms with Crippen LogP contribution in [-0.2, 0) is 5.41 Å². The summed E-state index contributed by atoms with van der Waals surface area (Å²) in [5.41, 5.74) is 7.70. The van der Waals surface area contributed by atoms with Gasteiger partial charge < -0.3 is 14.9 Å². The number of fused-ring (bicyclic) bond motifs is 1. The Morgan fingerprint density at radius 3 is 3.00 bits per heavy atom. The molecule has 1 aliphatic carbocycles. The molecule has 1 heterocycles. The van der Waals surface area contributed by atoms with Crippen molar-refractivity contribution >= 4 is 11.1 Å². The van der Waals surface area contributed by atoms with E-state index in [1.807, 2.05) is 18.2 Å². The van der Waals surface area contributed by atoms with Gasteiger partial charge in [-0.15, -0.1) is 0 Å². The molecule has 2 N–H and O–H groups in total. The van der Waals surface area contributed by atoms with E-state index in [4.69, 9.17) is 14.9 Å². The zero-order valence-corrected chi connectivity index (χ0v) is 10.8. The third kappa shape index (κ3) is 1.60. The highest BCUT2D eigenvalue weighted by molar-refractivity contribution is 5.74. The van der Waals surface area contributed by atoms with Crippen LogP contribution in [0, 0.1) is 0 Å². The van der Waals surface area contributed by atoms with Crippen molar-refractivity contribution in [1.29, 1.82) is 0 Å². The molecule has 96 valence electrons. The van der Waals surface area contributed by atoms with Gasteiger partial charge in [0.25, 0.3) is 0 Å². The van der Waals surface area contributed by atoms with Gasteiger partial charge in [0, 0.05) is 12.1 Å². The number of benzene rings is 1. The molecule has 0 aliphatic heterocycles. The summed E-state index contributed by atoms with van der Waals surface area (Å²) in [6, 6.07) is 5.81. The Bertz CT molecular complexity index is 578. The summed E-state index contributed by atoms with van der Waals surface area (Å²) in [6.45, 7) is 2.15. The van der Waals surface area contributed by atoms with E-state index in [0.717, 1.165) is 42.0 Å². The average molecular weight is 246 g/mol. The Morgan fingerprint density at radius 2 is 2.33 bits per heavy atom. The summed E-state index contributed by atoms with van der Waals surface area (Å²) in [5.74, 6) is 1.55. The van der Waals surface area contributed by atoms with Crippen LogP contribution >= 0.6 is 0 Å². The minimum atomic E-state index is -0.133. The number of hydrogen-bond donors (Lipinski definition) is 1. The first-order chi connectivity index (χ1) is 8.63. The molecule has 0 radical (unpaired) electrons. The van der Waals surface area contributed by atoms with E-state index in [1.54, 1.807) is 7.11 Å². The molecule has 4 heteroatoms. The zero-order valence-electron chi connectivity index (χ0n) is 10.8. The van der Waals surface area contributed by atoms with E-state index < -0.39 is 0 Å². The first-order valence-electron chi connectivity index (χ1n) is 6.34. The smallest absolute Gasteiger partial charge is 0.202 e. The van der Waals surface area contributed by atoms with Crippen LogP contribution in [0.15, 0.2) is 22.6 Å². The monoisotopic (exact) mass is 246 g/mol. The van der Waals surface area contributed by atoms with Crippen molar-refractivity contribution in [3.63, 3.8) is 0 Å². The number of nitrogens with zero attached hydrogens (tertiary/aromatic N) is 1. The zero-order chi connectivity index (χ0) is 12.8. The van der Waals surface area contributed by atoms with Gasteiger partial charge >= 0.3 is 0 Å². The minimum absolute atomic E-state index is 0.132. The van der Waals surface area contributed by atoms with E-state index in [1.165, 1.54) is 0 Å². The molecule has 1 aliphatic rings. The van der Waals surface area contributed by atoms with Gasteiger partial charge in [-0.1, -0.05) is 6.42 Å². The van der Waals surface area contributed by atoms with Crippen molar-refractivity contribution in [2.24, 2.45) is 5.73 Å². The topological polar surface area (TPSA) is 61.3 Å². The fourth-order valence-electron chi connectivity index (χ4n) is 2.74. The van der Waals surface area contributed by atoms with Gasteiger partial charge in [0.1, 0.15) is 11.3 Å². The highest BCUT2D eigenvalue weighted by Gasteiger charge is 2.42. The summed E-state index contributed by atoms with van der Waals surface area (Å²) in [5, 5.41) is 0. The van der Waals surface area contributed by atoms with Gasteiger partial charge in [-0.2, -0.15) is 0 Å². The van der Waals surface area contributed by atoms with Crippen LogP contribution in [-0.4, -0.2) is 18.1 Å². The predicted octanol–water partition coefficient (Wildman–Crippen LogP) is 2.61. The normalized spacial score (nSPS) is 27.8. The summed E-state index contributed by atoms with van der Waals surface area (Å²) in [4.78, 5) is 4.60. The molecule has 1 fully saturated rings. The average Bonchev–Trinajstić information content (AvgIpc) is 2.94. The molecule has 2 atom stereocenters. The van der Waals surface area contributed by atoms with Crippen LogP contribution < -0.4 is 10.5 Å². The maximum atomic E-state index is 6.20. The van der Waals surface area contributed by atoms with Crippen LogP contribution in [0.2, 0.25) is 0 Å². The van der Waals surface area contributed by atoms with E-state index in [9.17, 15) is 0 Å². The largest absolute Gasteiger partial charge is 0.497 e. The minimum Gasteiger partial charge on any atom is -0.497 e. The second-order valence-corrected chi connectivity index (χ2v) is 5.27. The number of methoxy groups -OCH3 is 1. The number of nitrogens with two attached hydrogens (primary N) is 1. The standard InChI is InChI=1S/C14H18N2O2/c1-14(7-3-4-12(14)15)13-16-10-8-9(17-2)5-6-11(10)18-13/h5-6,8,12H,3-4,7,15H2,1-2H3. The predicted molar refractivity (Wildman–Crippen MR) is 69.7 cm³/mol. The Kier molecular flexibility index (Phi) is 2.55. The first kappa shape index (κ1) is 11.5. The molecule has 0 amide bonds. The second-order valence-electron chi connectivity index (χ2n) is 5.27. The van der Waals surface area contributed by atoms with Crippen molar-refractivity contribution < 1.29 is 9.15 Å². The number of aromatic nitrogens is 1. The van der Waals surface area contributed by atoms with Crippen molar-refractivity contribution in [3.05, 3.63) is 24.1 Å². The SMILES string of the molecule is COc1ccc2oc(C3(C)CCCC3N)nc2c1. The van der Waals surface area contributed by atoms with Gasteiger partial charge in [-0.05, 0) is 31.9 Å². The molecule has 0 spiro atoms. The van der Waals surface area contributed by atoms with Crippen LogP contribution in [0.4, 0.5) is 0 Å². The molecule has 1 saturated carbocycles. The molecule has 2 aromatic rings. The van der Waals surface area contributed by atoms with Crippen molar-refractivity contribution in [3.8, 4) is 5.75 Å². The van der Waals surface area contributed by atoms with E-state index in [0.29, 0.717) is 0 Å². The summed E-state index contributed by atoms with van der Waals surface area (Å²) < 4.78 is 11.1. The summed E-state index contributed by atoms with van der Waals surface area (Å²) in [7, 11) is 1.65. The van der Waals surface area contributed by atoms with Crippen molar-refractivity contribution in [2.45, 2.75) is 37.6 Å². The fourth-order valence-corrected chi connectivity index (χ4v) is 2.74. The highest BCUT2D eigenvalue weighted by atomic mass is 16.5. The van der Waals surface area contributed by atoms with E-state index in [2.05, 4.69) is 11.9 Å². The van der Waals surface area contributed by atoms with Gasteiger partial charge in [0.15, 0.2) is 5.58 Å². The first-order valence-corrected chi connectivity index (χ1v) is 6.34. The maximum Gasteiger partial charge on any atom is 0.202 e. The van der Waals surface area contributed by atoms with E-state index >= 15 is 0 Å². The van der Waals surface area contributed by atoms with Crippen LogP contribution in [0.5, 0.6) is 5.75 Å². The van der Waals surface area contributed by atoms with Crippen LogP contribution in [0.3, 0.4) is 0 Å². The number of rotatable bonds is 2. The maximum absolute atomic E-state index is 6.20. The fraction of sp³-hybridized carbons (Fsp3) is 0.500. The van der Waals surface area contributed by atoms with Gasteiger partial charge in [0.2, 0.25) is 5.89 Å². The van der Waals surface area contributed by atoms with Gasteiger partial charge in [-0.25, -0.2) is 4.98 Å². The molecule has 2 unspecified atom stereocenters. The number of oxazole rings is 1. The Hall–Kier alpha value is -1.55. The number of ether oxygens (including phenoxy) is 1. The van der Waals surface area contributed by atoms with Crippen LogP contribution in [0.1, 0.15) is 32.1 Å². The molecule has 4 nitrogen and oxygen atoms in total. The lowest BCUT2D eigenvalue weighted by molar-refractivity contribution is 0.332. The van der Waals surface area contributed by atoms with Gasteiger partial charge in [0.05, 0.1) is 12.5 Å². The second kappa shape index (κ2) is 3.99. The van der Waals surface area contributed by atoms with E-state index in [-0.39, 0.29) is 11.5 Å².